The molecule has 110 valence electrons. The standard InChI is InChI=1S/C16H11NO2S3/c1-10(18)11-4-2-5-12(8-11)17-15(19)14(22-16(17)20)9-13-6-3-7-21-13/h2-9H,1H3. The van der Waals surface area contributed by atoms with Crippen LogP contribution in [0.1, 0.15) is 22.2 Å². The first-order valence-corrected chi connectivity index (χ1v) is 8.59. The predicted octanol–water partition coefficient (Wildman–Crippen LogP) is 4.36. The lowest BCUT2D eigenvalue weighted by Gasteiger charge is -2.15. The number of amides is 1. The molecule has 0 N–H and O–H groups in total. The summed E-state index contributed by atoms with van der Waals surface area (Å²) in [6, 6.07) is 10.9. The smallest absolute Gasteiger partial charge is 0.270 e. The van der Waals surface area contributed by atoms with Crippen LogP contribution in [0.2, 0.25) is 0 Å². The number of thioether (sulfide) groups is 1. The Morgan fingerprint density at radius 2 is 2.09 bits per heavy atom. The Morgan fingerprint density at radius 3 is 2.77 bits per heavy atom. The zero-order chi connectivity index (χ0) is 15.7. The van der Waals surface area contributed by atoms with Crippen molar-refractivity contribution in [2.45, 2.75) is 6.92 Å². The predicted molar refractivity (Wildman–Crippen MR) is 96.4 cm³/mol. The minimum absolute atomic E-state index is 0.0404. The average molecular weight is 345 g/mol. The molecule has 1 amide bonds. The molecule has 22 heavy (non-hydrogen) atoms. The zero-order valence-corrected chi connectivity index (χ0v) is 14.1. The molecular weight excluding hydrogens is 334 g/mol. The van der Waals surface area contributed by atoms with Crippen LogP contribution in [0.25, 0.3) is 6.08 Å². The van der Waals surface area contributed by atoms with Crippen LogP contribution in [0.5, 0.6) is 0 Å². The van der Waals surface area contributed by atoms with E-state index in [9.17, 15) is 9.59 Å². The molecule has 1 saturated heterocycles. The molecule has 3 rings (SSSR count). The van der Waals surface area contributed by atoms with Crippen molar-refractivity contribution in [3.8, 4) is 0 Å². The number of ketones is 1. The highest BCUT2D eigenvalue weighted by atomic mass is 32.2. The molecule has 2 aromatic rings. The van der Waals surface area contributed by atoms with Gasteiger partial charge in [-0.3, -0.25) is 14.5 Å². The molecule has 0 spiro atoms. The topological polar surface area (TPSA) is 37.4 Å². The molecule has 0 aliphatic carbocycles. The highest BCUT2D eigenvalue weighted by Crippen LogP contribution is 2.36. The maximum atomic E-state index is 12.6. The molecule has 0 atom stereocenters. The Bertz CT molecular complexity index is 793. The third-order valence-electron chi connectivity index (χ3n) is 3.12. The van der Waals surface area contributed by atoms with E-state index in [4.69, 9.17) is 12.2 Å². The summed E-state index contributed by atoms with van der Waals surface area (Å²) in [6.45, 7) is 1.50. The summed E-state index contributed by atoms with van der Waals surface area (Å²) < 4.78 is 0.480. The van der Waals surface area contributed by atoms with Gasteiger partial charge in [-0.25, -0.2) is 0 Å². The summed E-state index contributed by atoms with van der Waals surface area (Å²) in [5.41, 5.74) is 1.19. The summed E-state index contributed by atoms with van der Waals surface area (Å²) in [7, 11) is 0. The van der Waals surface area contributed by atoms with E-state index in [1.807, 2.05) is 23.6 Å². The van der Waals surface area contributed by atoms with E-state index in [1.54, 1.807) is 35.6 Å². The van der Waals surface area contributed by atoms with Gasteiger partial charge >= 0.3 is 0 Å². The lowest BCUT2D eigenvalue weighted by Crippen LogP contribution is -2.27. The second-order valence-corrected chi connectivity index (χ2v) is 7.29. The average Bonchev–Trinajstić information content (AvgIpc) is 3.08. The van der Waals surface area contributed by atoms with E-state index < -0.39 is 0 Å². The second-order valence-electron chi connectivity index (χ2n) is 4.64. The van der Waals surface area contributed by atoms with Gasteiger partial charge in [0.25, 0.3) is 5.91 Å². The van der Waals surface area contributed by atoms with Crippen LogP contribution in [0.15, 0.2) is 46.7 Å². The Kier molecular flexibility index (Phi) is 4.24. The van der Waals surface area contributed by atoms with Crippen molar-refractivity contribution < 1.29 is 9.59 Å². The van der Waals surface area contributed by atoms with Crippen molar-refractivity contribution in [2.75, 3.05) is 4.90 Å². The molecule has 1 aliphatic rings. The molecule has 2 heterocycles. The number of carbonyl (C=O) groups excluding carboxylic acids is 2. The van der Waals surface area contributed by atoms with E-state index in [0.29, 0.717) is 20.5 Å². The molecule has 1 aromatic carbocycles. The number of rotatable bonds is 3. The van der Waals surface area contributed by atoms with E-state index >= 15 is 0 Å². The molecule has 0 unspecified atom stereocenters. The van der Waals surface area contributed by atoms with Crippen LogP contribution in [0, 0.1) is 0 Å². The number of carbonyl (C=O) groups is 2. The van der Waals surface area contributed by atoms with Crippen LogP contribution < -0.4 is 4.90 Å². The molecule has 1 aromatic heterocycles. The quantitative estimate of drug-likeness (QED) is 0.471. The van der Waals surface area contributed by atoms with Crippen LogP contribution in [0.3, 0.4) is 0 Å². The molecule has 1 fully saturated rings. The molecule has 0 saturated carbocycles. The SMILES string of the molecule is CC(=O)c1cccc(N2C(=O)C(=Cc3cccs3)SC2=S)c1. The first kappa shape index (κ1) is 15.1. The van der Waals surface area contributed by atoms with Gasteiger partial charge in [0.15, 0.2) is 10.1 Å². The van der Waals surface area contributed by atoms with Crippen molar-refractivity contribution in [1.29, 1.82) is 0 Å². The molecule has 0 bridgehead atoms. The molecule has 1 aliphatic heterocycles. The van der Waals surface area contributed by atoms with Crippen molar-refractivity contribution in [1.82, 2.24) is 0 Å². The largest absolute Gasteiger partial charge is 0.295 e. The zero-order valence-electron chi connectivity index (χ0n) is 11.6. The van der Waals surface area contributed by atoms with Gasteiger partial charge in [-0.05, 0) is 36.6 Å². The van der Waals surface area contributed by atoms with Crippen molar-refractivity contribution in [2.24, 2.45) is 0 Å². The maximum Gasteiger partial charge on any atom is 0.270 e. The molecule has 3 nitrogen and oxygen atoms in total. The van der Waals surface area contributed by atoms with Gasteiger partial charge in [-0.2, -0.15) is 0 Å². The van der Waals surface area contributed by atoms with Crippen LogP contribution >= 0.6 is 35.3 Å². The lowest BCUT2D eigenvalue weighted by atomic mass is 10.1. The third kappa shape index (κ3) is 2.90. The van der Waals surface area contributed by atoms with E-state index in [-0.39, 0.29) is 11.7 Å². The van der Waals surface area contributed by atoms with Crippen LogP contribution in [-0.4, -0.2) is 16.0 Å². The van der Waals surface area contributed by atoms with Crippen LogP contribution in [0.4, 0.5) is 5.69 Å². The van der Waals surface area contributed by atoms with Crippen molar-refractivity contribution in [3.63, 3.8) is 0 Å². The number of anilines is 1. The maximum absolute atomic E-state index is 12.6. The van der Waals surface area contributed by atoms with E-state index in [1.165, 1.54) is 23.6 Å². The third-order valence-corrected chi connectivity index (χ3v) is 5.24. The first-order chi connectivity index (χ1) is 10.6. The summed E-state index contributed by atoms with van der Waals surface area (Å²) in [5, 5.41) is 1.96. The fourth-order valence-corrected chi connectivity index (χ4v) is 4.08. The number of thiocarbonyl (C=S) groups is 1. The minimum Gasteiger partial charge on any atom is -0.295 e. The van der Waals surface area contributed by atoms with Gasteiger partial charge < -0.3 is 0 Å². The Balaban J connectivity index is 1.95. The van der Waals surface area contributed by atoms with Gasteiger partial charge in [-0.1, -0.05) is 42.2 Å². The number of Topliss-reactive ketones (excluding diaryl/α,β-unsaturated/α-hetero) is 1. The first-order valence-electron chi connectivity index (χ1n) is 6.49. The molecular formula is C16H11NO2S3. The number of nitrogens with zero attached hydrogens (tertiary/aromatic N) is 1. The van der Waals surface area contributed by atoms with Gasteiger partial charge in [0.1, 0.15) is 0 Å². The Labute approximate surface area is 141 Å². The monoisotopic (exact) mass is 345 g/mol. The van der Waals surface area contributed by atoms with E-state index in [0.717, 1.165) is 4.88 Å². The summed E-state index contributed by atoms with van der Waals surface area (Å²) in [6.07, 6.45) is 1.85. The second kappa shape index (κ2) is 6.16. The lowest BCUT2D eigenvalue weighted by molar-refractivity contribution is -0.113. The fourth-order valence-electron chi connectivity index (χ4n) is 2.06. The summed E-state index contributed by atoms with van der Waals surface area (Å²) in [5.74, 6) is -0.189. The van der Waals surface area contributed by atoms with Gasteiger partial charge in [0.05, 0.1) is 10.6 Å². The molecule has 0 radical (unpaired) electrons. The summed E-state index contributed by atoms with van der Waals surface area (Å²) in [4.78, 5) is 27.2. The fraction of sp³-hybridized carbons (Fsp3) is 0.0625. The van der Waals surface area contributed by atoms with Gasteiger partial charge in [-0.15, -0.1) is 11.3 Å². The van der Waals surface area contributed by atoms with Crippen molar-refractivity contribution >= 4 is 63.1 Å². The van der Waals surface area contributed by atoms with Gasteiger partial charge in [0.2, 0.25) is 0 Å². The number of benzene rings is 1. The Hall–Kier alpha value is -1.76. The molecule has 6 heteroatoms. The van der Waals surface area contributed by atoms with Crippen LogP contribution in [-0.2, 0) is 4.79 Å². The Morgan fingerprint density at radius 1 is 1.27 bits per heavy atom. The number of thiophene rings is 1. The number of hydrogen-bond acceptors (Lipinski definition) is 5. The van der Waals surface area contributed by atoms with Crippen molar-refractivity contribution in [3.05, 3.63) is 57.1 Å². The highest BCUT2D eigenvalue weighted by Gasteiger charge is 2.33. The van der Waals surface area contributed by atoms with Gasteiger partial charge in [0, 0.05) is 10.4 Å². The normalized spacial score (nSPS) is 16.6. The highest BCUT2D eigenvalue weighted by molar-refractivity contribution is 8.27. The summed E-state index contributed by atoms with van der Waals surface area (Å²) >= 11 is 8.17. The minimum atomic E-state index is -0.149. The van der Waals surface area contributed by atoms with E-state index in [2.05, 4.69) is 0 Å². The number of hydrogen-bond donors (Lipinski definition) is 0.